The summed E-state index contributed by atoms with van der Waals surface area (Å²) >= 11 is 1.63. The molecule has 1 aromatic heterocycles. The topological polar surface area (TPSA) is 83.3 Å². The minimum absolute atomic E-state index is 0.0533. The van der Waals surface area contributed by atoms with Gasteiger partial charge in [0.05, 0.1) is 32.9 Å². The summed E-state index contributed by atoms with van der Waals surface area (Å²) in [6.45, 7) is 0.567. The highest BCUT2D eigenvalue weighted by molar-refractivity contribution is 7.98. The fourth-order valence-electron chi connectivity index (χ4n) is 1.33. The van der Waals surface area contributed by atoms with Crippen LogP contribution in [0.2, 0.25) is 0 Å². The monoisotopic (exact) mass is 273 g/mol. The van der Waals surface area contributed by atoms with Gasteiger partial charge in [-0.25, -0.2) is 9.48 Å². The van der Waals surface area contributed by atoms with Crippen LogP contribution in [0.4, 0.5) is 0 Å². The second-order valence-corrected chi connectivity index (χ2v) is 4.33. The number of ether oxygens (including phenoxy) is 2. The van der Waals surface area contributed by atoms with Crippen molar-refractivity contribution in [3.8, 4) is 0 Å². The lowest BCUT2D eigenvalue weighted by atomic mass is 10.2. The molecule has 0 saturated carbocycles. The van der Waals surface area contributed by atoms with E-state index >= 15 is 0 Å². The van der Waals surface area contributed by atoms with Gasteiger partial charge < -0.3 is 9.47 Å². The first kappa shape index (κ1) is 14.5. The molecule has 0 atom stereocenters. The maximum atomic E-state index is 11.5. The van der Waals surface area contributed by atoms with Crippen LogP contribution in [0, 0.1) is 0 Å². The van der Waals surface area contributed by atoms with Crippen molar-refractivity contribution < 1.29 is 19.1 Å². The number of methoxy groups -OCH3 is 2. The zero-order valence-electron chi connectivity index (χ0n) is 10.5. The predicted molar refractivity (Wildman–Crippen MR) is 65.5 cm³/mol. The van der Waals surface area contributed by atoms with Gasteiger partial charge in [0.1, 0.15) is 0 Å². The third-order valence-electron chi connectivity index (χ3n) is 2.26. The maximum Gasteiger partial charge on any atom is 0.360 e. The summed E-state index contributed by atoms with van der Waals surface area (Å²) in [4.78, 5) is 22.8. The van der Waals surface area contributed by atoms with Crippen LogP contribution in [0.3, 0.4) is 0 Å². The van der Waals surface area contributed by atoms with Crippen LogP contribution in [0.1, 0.15) is 16.2 Å². The molecule has 1 aromatic rings. The second-order valence-electron chi connectivity index (χ2n) is 3.35. The van der Waals surface area contributed by atoms with Gasteiger partial charge in [0.2, 0.25) is 0 Å². The van der Waals surface area contributed by atoms with Crippen molar-refractivity contribution in [2.45, 2.75) is 13.0 Å². The molecule has 100 valence electrons. The smallest absolute Gasteiger partial charge is 0.360 e. The summed E-state index contributed by atoms with van der Waals surface area (Å²) in [6.07, 6.45) is 1.90. The molecule has 1 rings (SSSR count). The van der Waals surface area contributed by atoms with E-state index in [9.17, 15) is 9.59 Å². The zero-order valence-corrected chi connectivity index (χ0v) is 11.3. The zero-order chi connectivity index (χ0) is 13.5. The first-order valence-electron chi connectivity index (χ1n) is 5.20. The van der Waals surface area contributed by atoms with E-state index in [0.29, 0.717) is 12.2 Å². The van der Waals surface area contributed by atoms with E-state index in [1.165, 1.54) is 18.9 Å². The van der Waals surface area contributed by atoms with E-state index in [0.717, 1.165) is 5.75 Å². The minimum Gasteiger partial charge on any atom is -0.469 e. The largest absolute Gasteiger partial charge is 0.469 e. The fourth-order valence-corrected chi connectivity index (χ4v) is 1.68. The quantitative estimate of drug-likeness (QED) is 0.682. The highest BCUT2D eigenvalue weighted by Crippen LogP contribution is 2.10. The Morgan fingerprint density at radius 3 is 2.61 bits per heavy atom. The number of esters is 2. The van der Waals surface area contributed by atoms with Gasteiger partial charge in [-0.1, -0.05) is 5.21 Å². The summed E-state index contributed by atoms with van der Waals surface area (Å²) in [5, 5.41) is 7.60. The predicted octanol–water partition coefficient (Wildman–Crippen LogP) is 0.143. The van der Waals surface area contributed by atoms with Crippen LogP contribution >= 0.6 is 11.8 Å². The molecule has 18 heavy (non-hydrogen) atoms. The average Bonchev–Trinajstić information content (AvgIpc) is 2.78. The normalized spacial score (nSPS) is 10.2. The number of aromatic nitrogens is 3. The molecule has 0 radical (unpaired) electrons. The van der Waals surface area contributed by atoms with Crippen molar-refractivity contribution in [3.63, 3.8) is 0 Å². The van der Waals surface area contributed by atoms with E-state index in [1.807, 2.05) is 6.26 Å². The van der Waals surface area contributed by atoms with Crippen molar-refractivity contribution in [1.82, 2.24) is 15.0 Å². The van der Waals surface area contributed by atoms with Gasteiger partial charge in [-0.2, -0.15) is 11.8 Å². The van der Waals surface area contributed by atoms with Crippen molar-refractivity contribution in [2.75, 3.05) is 26.2 Å². The Morgan fingerprint density at radius 1 is 1.33 bits per heavy atom. The van der Waals surface area contributed by atoms with Gasteiger partial charge >= 0.3 is 11.9 Å². The molecule has 0 amide bonds. The molecule has 8 heteroatoms. The van der Waals surface area contributed by atoms with Crippen LogP contribution in [0.25, 0.3) is 0 Å². The van der Waals surface area contributed by atoms with E-state index in [-0.39, 0.29) is 12.1 Å². The number of nitrogens with zero attached hydrogens (tertiary/aromatic N) is 3. The first-order chi connectivity index (χ1) is 8.63. The summed E-state index contributed by atoms with van der Waals surface area (Å²) in [5.74, 6) is -0.254. The SMILES string of the molecule is COC(=O)Cc1c(C(=O)OC)nnn1CCSC. The molecule has 0 fully saturated rings. The van der Waals surface area contributed by atoms with Crippen LogP contribution in [-0.4, -0.2) is 53.2 Å². The molecule has 0 aliphatic heterocycles. The third kappa shape index (κ3) is 3.46. The third-order valence-corrected chi connectivity index (χ3v) is 2.85. The average molecular weight is 273 g/mol. The summed E-state index contributed by atoms with van der Waals surface area (Å²) < 4.78 is 10.7. The van der Waals surface area contributed by atoms with E-state index in [1.54, 1.807) is 11.8 Å². The number of carbonyl (C=O) groups excluding carboxylic acids is 2. The summed E-state index contributed by atoms with van der Waals surface area (Å²) in [5.41, 5.74) is 0.478. The number of thioether (sulfide) groups is 1. The first-order valence-corrected chi connectivity index (χ1v) is 6.59. The standard InChI is InChI=1S/C10H15N3O4S/c1-16-8(14)6-7-9(10(15)17-2)11-12-13(7)4-5-18-3/h4-6H2,1-3H3. The summed E-state index contributed by atoms with van der Waals surface area (Å²) in [7, 11) is 2.54. The van der Waals surface area contributed by atoms with E-state index < -0.39 is 11.9 Å². The van der Waals surface area contributed by atoms with Gasteiger partial charge in [0, 0.05) is 5.75 Å². The van der Waals surface area contributed by atoms with Crippen LogP contribution in [0.15, 0.2) is 0 Å². The lowest BCUT2D eigenvalue weighted by Gasteiger charge is -2.05. The van der Waals surface area contributed by atoms with Gasteiger partial charge in [-0.05, 0) is 6.26 Å². The number of hydrogen-bond acceptors (Lipinski definition) is 7. The minimum atomic E-state index is -0.607. The Balaban J connectivity index is 3.00. The molecule has 0 aliphatic rings. The molecule has 0 saturated heterocycles. The Bertz CT molecular complexity index is 433. The summed E-state index contributed by atoms with van der Waals surface area (Å²) in [6, 6.07) is 0. The van der Waals surface area contributed by atoms with Crippen LogP contribution < -0.4 is 0 Å². The Labute approximate surface area is 109 Å². The number of rotatable bonds is 6. The van der Waals surface area contributed by atoms with Gasteiger partial charge in [0.25, 0.3) is 0 Å². The molecule has 0 N–H and O–H groups in total. The van der Waals surface area contributed by atoms with E-state index in [4.69, 9.17) is 0 Å². The van der Waals surface area contributed by atoms with Gasteiger partial charge in [0.15, 0.2) is 5.69 Å². The number of hydrogen-bond donors (Lipinski definition) is 0. The van der Waals surface area contributed by atoms with Crippen molar-refractivity contribution >= 4 is 23.7 Å². The number of aryl methyl sites for hydroxylation is 1. The van der Waals surface area contributed by atoms with Crippen molar-refractivity contribution in [2.24, 2.45) is 0 Å². The molecule has 1 heterocycles. The second kappa shape index (κ2) is 7.00. The Kier molecular flexibility index (Phi) is 5.63. The maximum absolute atomic E-state index is 11.5. The number of carbonyl (C=O) groups is 2. The highest BCUT2D eigenvalue weighted by Gasteiger charge is 2.22. The molecule has 0 unspecified atom stereocenters. The van der Waals surface area contributed by atoms with Crippen molar-refractivity contribution in [1.29, 1.82) is 0 Å². The Hall–Kier alpha value is -1.57. The van der Waals surface area contributed by atoms with Gasteiger partial charge in [-0.15, -0.1) is 5.10 Å². The Morgan fingerprint density at radius 2 is 2.06 bits per heavy atom. The molecule has 0 aliphatic carbocycles. The lowest BCUT2D eigenvalue weighted by Crippen LogP contribution is -2.16. The van der Waals surface area contributed by atoms with E-state index in [2.05, 4.69) is 19.8 Å². The van der Waals surface area contributed by atoms with Crippen molar-refractivity contribution in [3.05, 3.63) is 11.4 Å². The molecule has 0 spiro atoms. The molecular weight excluding hydrogens is 258 g/mol. The molecule has 0 aromatic carbocycles. The molecule has 0 bridgehead atoms. The van der Waals surface area contributed by atoms with Crippen LogP contribution in [0.5, 0.6) is 0 Å². The lowest BCUT2D eigenvalue weighted by molar-refractivity contribution is -0.139. The highest BCUT2D eigenvalue weighted by atomic mass is 32.2. The molecule has 7 nitrogen and oxygen atoms in total. The van der Waals surface area contributed by atoms with Crippen LogP contribution in [-0.2, 0) is 27.2 Å². The molecular formula is C10H15N3O4S. The van der Waals surface area contributed by atoms with Gasteiger partial charge in [-0.3, -0.25) is 4.79 Å². The fraction of sp³-hybridized carbons (Fsp3) is 0.600.